The molecule has 0 fully saturated rings. The van der Waals surface area contributed by atoms with Crippen molar-refractivity contribution in [2.24, 2.45) is 0 Å². The van der Waals surface area contributed by atoms with Gasteiger partial charge in [0, 0.05) is 48.1 Å². The van der Waals surface area contributed by atoms with E-state index in [9.17, 15) is 4.79 Å². The molecule has 1 heterocycles. The fourth-order valence-corrected chi connectivity index (χ4v) is 4.74. The van der Waals surface area contributed by atoms with Gasteiger partial charge in [-0.1, -0.05) is 36.4 Å². The van der Waals surface area contributed by atoms with Gasteiger partial charge >= 0.3 is 5.97 Å². The molecule has 0 aliphatic carbocycles. The normalized spacial score (nSPS) is 14.4. The molecular formula is C30H33N2O2+. The van der Waals surface area contributed by atoms with Gasteiger partial charge in [-0.3, -0.25) is 0 Å². The number of rotatable bonds is 7. The molecule has 0 aromatic heterocycles. The van der Waals surface area contributed by atoms with Crippen LogP contribution in [-0.2, 0) is 5.41 Å². The van der Waals surface area contributed by atoms with E-state index in [1.807, 2.05) is 30.3 Å². The Kier molecular flexibility index (Phi) is 6.69. The highest BCUT2D eigenvalue weighted by Crippen LogP contribution is 2.39. The second-order valence-electron chi connectivity index (χ2n) is 9.07. The molecule has 0 N–H and O–H groups in total. The van der Waals surface area contributed by atoms with Gasteiger partial charge in [0.25, 0.3) is 0 Å². The monoisotopic (exact) mass is 453 g/mol. The highest BCUT2D eigenvalue weighted by molar-refractivity contribution is 6.05. The molecule has 0 atom stereocenters. The van der Waals surface area contributed by atoms with Crippen molar-refractivity contribution in [2.45, 2.75) is 33.1 Å². The number of carbonyl (C=O) groups is 1. The maximum absolute atomic E-state index is 12.9. The third-order valence-electron chi connectivity index (χ3n) is 6.70. The number of carbonyl (C=O) groups excluding carboxylic acids is 1. The number of hydrogen-bond donors (Lipinski definition) is 0. The molecule has 4 rings (SSSR count). The Hall–Kier alpha value is -3.66. The lowest BCUT2D eigenvalue weighted by Crippen LogP contribution is -2.26. The third-order valence-corrected chi connectivity index (χ3v) is 6.70. The number of para-hydroxylation sites is 1. The van der Waals surface area contributed by atoms with Gasteiger partial charge in [0.2, 0.25) is 5.69 Å². The van der Waals surface area contributed by atoms with Crippen LogP contribution in [0.1, 0.15) is 49.2 Å². The van der Waals surface area contributed by atoms with Gasteiger partial charge < -0.3 is 9.64 Å². The minimum absolute atomic E-state index is 0.121. The molecular weight excluding hydrogens is 420 g/mol. The van der Waals surface area contributed by atoms with Crippen LogP contribution in [0.3, 0.4) is 0 Å². The average Bonchev–Trinajstić information content (AvgIpc) is 3.05. The first kappa shape index (κ1) is 23.5. The lowest BCUT2D eigenvalue weighted by molar-refractivity contribution is -0.401. The van der Waals surface area contributed by atoms with E-state index < -0.39 is 0 Å². The Bertz CT molecular complexity index is 1250. The number of esters is 1. The van der Waals surface area contributed by atoms with Crippen LogP contribution in [0.5, 0.6) is 5.75 Å². The van der Waals surface area contributed by atoms with E-state index in [1.54, 1.807) is 12.1 Å². The lowest BCUT2D eigenvalue weighted by Gasteiger charge is -2.22. The predicted molar refractivity (Wildman–Crippen MR) is 141 cm³/mol. The summed E-state index contributed by atoms with van der Waals surface area (Å²) in [5.74, 6) is 0.205. The van der Waals surface area contributed by atoms with Crippen molar-refractivity contribution in [1.82, 2.24) is 0 Å². The molecule has 4 nitrogen and oxygen atoms in total. The smallest absolute Gasteiger partial charge is 0.343 e. The van der Waals surface area contributed by atoms with Gasteiger partial charge in [-0.15, -0.1) is 0 Å². The van der Waals surface area contributed by atoms with Crippen LogP contribution in [0.25, 0.3) is 6.08 Å². The van der Waals surface area contributed by atoms with Gasteiger partial charge in [-0.05, 0) is 58.0 Å². The molecule has 0 radical (unpaired) electrons. The standard InChI is InChI=1S/C30H33N2O2/c1-6-32(7-2)24-19-17-22(27(21-24)34-29(33)23-13-9-8-10-14-23)18-20-28-30(3,4)25-15-11-12-16-26(25)31(28)5/h8-21H,6-7H2,1-5H3/q+1. The zero-order valence-corrected chi connectivity index (χ0v) is 20.7. The minimum atomic E-state index is -0.356. The van der Waals surface area contributed by atoms with E-state index in [2.05, 4.69) is 86.7 Å². The first-order valence-corrected chi connectivity index (χ1v) is 11.9. The Morgan fingerprint density at radius 3 is 2.29 bits per heavy atom. The van der Waals surface area contributed by atoms with Crippen LogP contribution < -0.4 is 9.64 Å². The summed E-state index contributed by atoms with van der Waals surface area (Å²) >= 11 is 0. The quantitative estimate of drug-likeness (QED) is 0.233. The Morgan fingerprint density at radius 2 is 1.62 bits per heavy atom. The Morgan fingerprint density at radius 1 is 0.941 bits per heavy atom. The fourth-order valence-electron chi connectivity index (χ4n) is 4.74. The lowest BCUT2D eigenvalue weighted by atomic mass is 9.81. The molecule has 0 bridgehead atoms. The minimum Gasteiger partial charge on any atom is -0.422 e. The molecule has 0 spiro atoms. The van der Waals surface area contributed by atoms with E-state index >= 15 is 0 Å². The van der Waals surface area contributed by atoms with E-state index in [-0.39, 0.29) is 11.4 Å². The Labute approximate surface area is 202 Å². The summed E-state index contributed by atoms with van der Waals surface area (Å²) in [5.41, 5.74) is 6.05. The number of allylic oxidation sites excluding steroid dienone is 1. The molecule has 4 heteroatoms. The van der Waals surface area contributed by atoms with E-state index in [0.717, 1.165) is 24.3 Å². The van der Waals surface area contributed by atoms with Gasteiger partial charge in [-0.25, -0.2) is 4.79 Å². The second kappa shape index (κ2) is 9.68. The summed E-state index contributed by atoms with van der Waals surface area (Å²) in [6, 6.07) is 23.7. The van der Waals surface area contributed by atoms with Gasteiger partial charge in [0.05, 0.1) is 11.0 Å². The zero-order valence-electron chi connectivity index (χ0n) is 20.7. The van der Waals surface area contributed by atoms with Crippen LogP contribution in [0.15, 0.2) is 78.9 Å². The van der Waals surface area contributed by atoms with Gasteiger partial charge in [-0.2, -0.15) is 4.58 Å². The van der Waals surface area contributed by atoms with Crippen molar-refractivity contribution < 1.29 is 14.1 Å². The van der Waals surface area contributed by atoms with Gasteiger partial charge in [0.15, 0.2) is 5.71 Å². The van der Waals surface area contributed by atoms with Crippen LogP contribution in [0, 0.1) is 0 Å². The maximum Gasteiger partial charge on any atom is 0.343 e. The number of benzene rings is 3. The van der Waals surface area contributed by atoms with Crippen molar-refractivity contribution >= 4 is 29.1 Å². The highest BCUT2D eigenvalue weighted by atomic mass is 16.5. The number of ether oxygens (including phenoxy) is 1. The van der Waals surface area contributed by atoms with Crippen molar-refractivity contribution in [3.8, 4) is 5.75 Å². The summed E-state index contributed by atoms with van der Waals surface area (Å²) in [6.07, 6.45) is 4.20. The molecule has 1 aliphatic rings. The zero-order chi connectivity index (χ0) is 24.3. The summed E-state index contributed by atoms with van der Waals surface area (Å²) in [4.78, 5) is 15.1. The number of nitrogens with zero attached hydrogens (tertiary/aromatic N) is 2. The van der Waals surface area contributed by atoms with Crippen LogP contribution in [0.4, 0.5) is 11.4 Å². The number of hydrogen-bond acceptors (Lipinski definition) is 3. The van der Waals surface area contributed by atoms with E-state index in [4.69, 9.17) is 4.74 Å². The van der Waals surface area contributed by atoms with Crippen molar-refractivity contribution in [3.63, 3.8) is 0 Å². The highest BCUT2D eigenvalue weighted by Gasteiger charge is 2.42. The molecule has 34 heavy (non-hydrogen) atoms. The fraction of sp³-hybridized carbons (Fsp3) is 0.267. The summed E-state index contributed by atoms with van der Waals surface area (Å²) in [6.45, 7) is 10.5. The molecule has 0 unspecified atom stereocenters. The van der Waals surface area contributed by atoms with Crippen molar-refractivity contribution in [2.75, 3.05) is 25.0 Å². The summed E-state index contributed by atoms with van der Waals surface area (Å²) in [7, 11) is 2.10. The summed E-state index contributed by atoms with van der Waals surface area (Å²) < 4.78 is 8.17. The molecule has 0 saturated carbocycles. The molecule has 0 amide bonds. The first-order valence-electron chi connectivity index (χ1n) is 11.9. The molecule has 174 valence electrons. The van der Waals surface area contributed by atoms with Crippen molar-refractivity contribution in [3.05, 3.63) is 95.6 Å². The molecule has 1 aliphatic heterocycles. The van der Waals surface area contributed by atoms with Gasteiger partial charge in [0.1, 0.15) is 12.8 Å². The Balaban J connectivity index is 1.72. The SMILES string of the molecule is CCN(CC)c1ccc(/C=C/C2=[N+](C)c3ccccc3C2(C)C)c(OC(=O)c2ccccc2)c1. The topological polar surface area (TPSA) is 32.5 Å². The van der Waals surface area contributed by atoms with Crippen molar-refractivity contribution in [1.29, 1.82) is 0 Å². The van der Waals surface area contributed by atoms with E-state index in [1.165, 1.54) is 17.0 Å². The first-order chi connectivity index (χ1) is 16.4. The van der Waals surface area contributed by atoms with Crippen LogP contribution in [0.2, 0.25) is 0 Å². The average molecular weight is 454 g/mol. The molecule has 0 saturated heterocycles. The largest absolute Gasteiger partial charge is 0.422 e. The number of fused-ring (bicyclic) bond motifs is 1. The van der Waals surface area contributed by atoms with Crippen LogP contribution in [-0.4, -0.2) is 36.4 Å². The van der Waals surface area contributed by atoms with E-state index in [0.29, 0.717) is 11.3 Å². The third kappa shape index (κ3) is 4.41. The van der Waals surface area contributed by atoms with Crippen LogP contribution >= 0.6 is 0 Å². The predicted octanol–water partition coefficient (Wildman–Crippen LogP) is 6.47. The summed E-state index contributed by atoms with van der Waals surface area (Å²) in [5, 5.41) is 0. The molecule has 3 aromatic carbocycles. The second-order valence-corrected chi connectivity index (χ2v) is 9.07. The molecule has 3 aromatic rings. The maximum atomic E-state index is 12.9. The number of anilines is 1.